The molecule has 9 aromatic rings. The summed E-state index contributed by atoms with van der Waals surface area (Å²) >= 11 is 0. The topological polar surface area (TPSA) is 140 Å². The Balaban J connectivity index is 0.883. The lowest BCUT2D eigenvalue weighted by atomic mass is 9.96. The molecule has 9 nitrogen and oxygen atoms in total. The lowest BCUT2D eigenvalue weighted by Crippen LogP contribution is -2.05. The molecule has 0 saturated carbocycles. The van der Waals surface area contributed by atoms with Crippen molar-refractivity contribution >= 4 is 32.3 Å². The number of aryl methyl sites for hydroxylation is 3. The second-order valence-electron chi connectivity index (χ2n) is 15.0. The van der Waals surface area contributed by atoms with Gasteiger partial charge in [0.25, 0.3) is 0 Å². The van der Waals surface area contributed by atoms with Crippen molar-refractivity contribution in [1.82, 2.24) is 0 Å². The third-order valence-electron chi connectivity index (χ3n) is 10.8. The first-order chi connectivity index (χ1) is 29.1. The van der Waals surface area contributed by atoms with E-state index >= 15 is 0 Å². The molecule has 9 rings (SSSR count). The fourth-order valence-corrected chi connectivity index (χ4v) is 7.87. The van der Waals surface area contributed by atoms with E-state index in [0.29, 0.717) is 63.0 Å². The van der Waals surface area contributed by atoms with Crippen molar-refractivity contribution < 1.29 is 28.2 Å². The summed E-state index contributed by atoms with van der Waals surface area (Å²) in [6, 6.07) is 41.9. The standard InChI is InChI=1S/C51H38O9/c1-30-21-31(23-37(22-30)46-24-34-13-16-38(52)27-43(34)49(54)58-46)7-6-10-32-8-2-4-11-41(32)47-26-36-15-18-40(29-45(36)51(56)60-47)57-20-19-33-9-3-5-12-42(33)48-25-35-14-17-39(53)28-44(35)50(55)59-48/h2-5,8-9,11-18,21-29,52-53H,6-7,10,19-20H2,1H3. The van der Waals surface area contributed by atoms with E-state index in [0.717, 1.165) is 63.6 Å². The molecule has 3 aromatic heterocycles. The van der Waals surface area contributed by atoms with Crippen LogP contribution in [-0.4, -0.2) is 16.8 Å². The normalized spacial score (nSPS) is 11.4. The Morgan fingerprint density at radius 3 is 1.63 bits per heavy atom. The molecule has 0 aliphatic rings. The van der Waals surface area contributed by atoms with Crippen LogP contribution in [0.4, 0.5) is 0 Å². The van der Waals surface area contributed by atoms with E-state index in [2.05, 4.69) is 12.1 Å². The summed E-state index contributed by atoms with van der Waals surface area (Å²) in [6.45, 7) is 2.32. The van der Waals surface area contributed by atoms with Gasteiger partial charge in [0.2, 0.25) is 0 Å². The predicted octanol–water partition coefficient (Wildman–Crippen LogP) is 10.5. The third kappa shape index (κ3) is 7.80. The van der Waals surface area contributed by atoms with E-state index in [-0.39, 0.29) is 11.5 Å². The van der Waals surface area contributed by atoms with Crippen LogP contribution < -0.4 is 21.6 Å². The molecule has 6 aromatic carbocycles. The van der Waals surface area contributed by atoms with Crippen molar-refractivity contribution in [2.75, 3.05) is 6.61 Å². The van der Waals surface area contributed by atoms with Crippen molar-refractivity contribution in [3.8, 4) is 51.2 Å². The van der Waals surface area contributed by atoms with Crippen LogP contribution in [0, 0.1) is 6.92 Å². The minimum atomic E-state index is -0.528. The van der Waals surface area contributed by atoms with Crippen molar-refractivity contribution in [1.29, 1.82) is 0 Å². The highest BCUT2D eigenvalue weighted by molar-refractivity contribution is 5.87. The van der Waals surface area contributed by atoms with E-state index < -0.39 is 16.9 Å². The lowest BCUT2D eigenvalue weighted by molar-refractivity contribution is 0.322. The van der Waals surface area contributed by atoms with Crippen molar-refractivity contribution in [3.05, 3.63) is 193 Å². The second kappa shape index (κ2) is 15.9. The number of phenols is 2. The van der Waals surface area contributed by atoms with Gasteiger partial charge in [0.1, 0.15) is 34.5 Å². The molecule has 9 heteroatoms. The number of fused-ring (bicyclic) bond motifs is 3. The summed E-state index contributed by atoms with van der Waals surface area (Å²) in [5.41, 5.74) is 5.07. The molecule has 0 saturated heterocycles. The maximum absolute atomic E-state index is 13.5. The van der Waals surface area contributed by atoms with Gasteiger partial charge in [-0.2, -0.15) is 0 Å². The molecule has 0 aliphatic heterocycles. The third-order valence-corrected chi connectivity index (χ3v) is 10.8. The Morgan fingerprint density at radius 2 is 1.02 bits per heavy atom. The second-order valence-corrected chi connectivity index (χ2v) is 15.0. The number of hydrogen-bond donors (Lipinski definition) is 2. The Hall–Kier alpha value is -7.65. The van der Waals surface area contributed by atoms with Gasteiger partial charge in [0.05, 0.1) is 22.8 Å². The van der Waals surface area contributed by atoms with Gasteiger partial charge in [-0.15, -0.1) is 0 Å². The van der Waals surface area contributed by atoms with Gasteiger partial charge in [0.15, 0.2) is 0 Å². The van der Waals surface area contributed by atoms with Gasteiger partial charge < -0.3 is 28.2 Å². The van der Waals surface area contributed by atoms with Crippen LogP contribution in [-0.2, 0) is 19.3 Å². The van der Waals surface area contributed by atoms with Gasteiger partial charge >= 0.3 is 16.9 Å². The fourth-order valence-electron chi connectivity index (χ4n) is 7.87. The van der Waals surface area contributed by atoms with E-state index in [4.69, 9.17) is 18.0 Å². The molecule has 60 heavy (non-hydrogen) atoms. The largest absolute Gasteiger partial charge is 0.508 e. The molecular formula is C51H38O9. The maximum Gasteiger partial charge on any atom is 0.344 e. The summed E-state index contributed by atoms with van der Waals surface area (Å²) in [4.78, 5) is 38.9. The summed E-state index contributed by atoms with van der Waals surface area (Å²) in [7, 11) is 0. The Morgan fingerprint density at radius 1 is 0.500 bits per heavy atom. The van der Waals surface area contributed by atoms with Crippen molar-refractivity contribution in [3.63, 3.8) is 0 Å². The molecule has 0 aliphatic carbocycles. The van der Waals surface area contributed by atoms with E-state index in [1.165, 1.54) is 18.2 Å². The van der Waals surface area contributed by atoms with Crippen LogP contribution >= 0.6 is 0 Å². The molecule has 2 N–H and O–H groups in total. The average Bonchev–Trinajstić information content (AvgIpc) is 3.24. The SMILES string of the molecule is Cc1cc(CCCc2ccccc2-c2cc3ccc(OCCc4ccccc4-c4cc5ccc(O)cc5c(=O)o4)cc3c(=O)o2)cc(-c2cc3ccc(O)cc3c(=O)o2)c1. The minimum absolute atomic E-state index is 0.00255. The number of rotatable bonds is 11. The maximum atomic E-state index is 13.5. The highest BCUT2D eigenvalue weighted by Gasteiger charge is 2.15. The Labute approximate surface area is 343 Å². The zero-order valence-electron chi connectivity index (χ0n) is 32.6. The smallest absolute Gasteiger partial charge is 0.344 e. The first kappa shape index (κ1) is 37.9. The Kier molecular flexibility index (Phi) is 10.1. The summed E-state index contributed by atoms with van der Waals surface area (Å²) in [5, 5.41) is 22.8. The number of ether oxygens (including phenoxy) is 1. The van der Waals surface area contributed by atoms with Gasteiger partial charge in [-0.05, 0) is 126 Å². The number of aromatic hydroxyl groups is 2. The van der Waals surface area contributed by atoms with Crippen LogP contribution in [0.1, 0.15) is 28.7 Å². The summed E-state index contributed by atoms with van der Waals surface area (Å²) in [6.07, 6.45) is 2.85. The van der Waals surface area contributed by atoms with Crippen molar-refractivity contribution in [2.24, 2.45) is 0 Å². The zero-order chi connectivity index (χ0) is 41.3. The van der Waals surface area contributed by atoms with Gasteiger partial charge in [-0.1, -0.05) is 78.4 Å². The number of hydrogen-bond acceptors (Lipinski definition) is 9. The molecule has 0 fully saturated rings. The van der Waals surface area contributed by atoms with Crippen LogP contribution in [0.2, 0.25) is 0 Å². The summed E-state index contributed by atoms with van der Waals surface area (Å²) < 4.78 is 23.4. The van der Waals surface area contributed by atoms with Gasteiger partial charge in [0, 0.05) is 23.1 Å². The van der Waals surface area contributed by atoms with Crippen molar-refractivity contribution in [2.45, 2.75) is 32.6 Å². The monoisotopic (exact) mass is 794 g/mol. The van der Waals surface area contributed by atoms with Crippen LogP contribution in [0.5, 0.6) is 17.2 Å². The fraction of sp³-hybridized carbons (Fsp3) is 0.118. The van der Waals surface area contributed by atoms with Gasteiger partial charge in [-0.3, -0.25) is 0 Å². The predicted molar refractivity (Wildman–Crippen MR) is 233 cm³/mol. The van der Waals surface area contributed by atoms with Crippen LogP contribution in [0.3, 0.4) is 0 Å². The number of benzene rings is 6. The highest BCUT2D eigenvalue weighted by atomic mass is 16.5. The highest BCUT2D eigenvalue weighted by Crippen LogP contribution is 2.31. The van der Waals surface area contributed by atoms with E-state index in [1.807, 2.05) is 85.8 Å². The first-order valence-electron chi connectivity index (χ1n) is 19.7. The number of phenolic OH excluding ortho intramolecular Hbond substituents is 2. The average molecular weight is 795 g/mol. The minimum Gasteiger partial charge on any atom is -0.508 e. The Bertz CT molecular complexity index is 3280. The molecule has 0 radical (unpaired) electrons. The molecule has 3 heterocycles. The van der Waals surface area contributed by atoms with E-state index in [9.17, 15) is 24.6 Å². The molecule has 0 amide bonds. The molecular weight excluding hydrogens is 757 g/mol. The lowest BCUT2D eigenvalue weighted by Gasteiger charge is -2.12. The van der Waals surface area contributed by atoms with E-state index in [1.54, 1.807) is 30.3 Å². The molecule has 0 bridgehead atoms. The quantitative estimate of drug-likeness (QED) is 0.131. The first-order valence-corrected chi connectivity index (χ1v) is 19.7. The molecule has 0 spiro atoms. The van der Waals surface area contributed by atoms with Crippen LogP contribution in [0.15, 0.2) is 167 Å². The molecule has 0 atom stereocenters. The zero-order valence-corrected chi connectivity index (χ0v) is 32.6. The van der Waals surface area contributed by atoms with Crippen LogP contribution in [0.25, 0.3) is 66.3 Å². The van der Waals surface area contributed by atoms with Gasteiger partial charge in [-0.25, -0.2) is 14.4 Å². The molecule has 0 unspecified atom stereocenters. The molecule has 296 valence electrons. The summed E-state index contributed by atoms with van der Waals surface area (Å²) in [5.74, 6) is 1.92.